The third kappa shape index (κ3) is 5.19. The van der Waals surface area contributed by atoms with Crippen molar-refractivity contribution in [3.63, 3.8) is 0 Å². The van der Waals surface area contributed by atoms with Gasteiger partial charge >= 0.3 is 5.97 Å². The van der Waals surface area contributed by atoms with Crippen LogP contribution in [0.15, 0.2) is 121 Å². The number of nitrogens with one attached hydrogen (secondary N) is 1. The number of aryl methyl sites for hydroxylation is 1. The first kappa shape index (κ1) is 26.7. The van der Waals surface area contributed by atoms with Gasteiger partial charge in [0.25, 0.3) is 5.91 Å². The molecule has 0 spiro atoms. The number of carbonyl (C=O) groups excluding carboxylic acids is 2. The number of amides is 1. The number of hydrogen-bond donors (Lipinski definition) is 1. The lowest BCUT2D eigenvalue weighted by Gasteiger charge is -2.33. The Kier molecular flexibility index (Phi) is 6.99. The van der Waals surface area contributed by atoms with Crippen LogP contribution in [-0.4, -0.2) is 22.9 Å². The maximum absolute atomic E-state index is 13.7. The molecule has 2 unspecified atom stereocenters. The van der Waals surface area contributed by atoms with Crippen LogP contribution in [0, 0.1) is 5.92 Å². The Morgan fingerprint density at radius 2 is 1.65 bits per heavy atom. The third-order valence-electron chi connectivity index (χ3n) is 8.59. The van der Waals surface area contributed by atoms with E-state index in [0.717, 1.165) is 24.8 Å². The molecule has 5 aromatic rings. The molecule has 2 aliphatic rings. The van der Waals surface area contributed by atoms with Crippen molar-refractivity contribution in [1.29, 1.82) is 0 Å². The Balaban J connectivity index is 1.30. The van der Waals surface area contributed by atoms with Crippen molar-refractivity contribution in [1.82, 2.24) is 4.90 Å². The second-order valence-electron chi connectivity index (χ2n) is 11.3. The van der Waals surface area contributed by atoms with Crippen molar-refractivity contribution >= 4 is 45.2 Å². The van der Waals surface area contributed by atoms with Gasteiger partial charge in [-0.25, -0.2) is 0 Å². The molecule has 0 fully saturated rings. The zero-order chi connectivity index (χ0) is 29.3. The van der Waals surface area contributed by atoms with Crippen LogP contribution in [0.1, 0.15) is 40.4 Å². The van der Waals surface area contributed by atoms with Crippen molar-refractivity contribution < 1.29 is 14.3 Å². The summed E-state index contributed by atoms with van der Waals surface area (Å²) in [4.78, 5) is 27.9. The van der Waals surface area contributed by atoms with Crippen molar-refractivity contribution in [3.05, 3.63) is 143 Å². The SMILES string of the molecule is CC(=O)OC(C1=CN(C=Cc2ccccc2)C(=O)c2ccccc2N1)C1CCc2ccc3c(ccc4ccccc43)c2C1. The smallest absolute Gasteiger partial charge is 0.303 e. The Hall–Kier alpha value is -5.16. The van der Waals surface area contributed by atoms with E-state index in [1.807, 2.05) is 60.7 Å². The summed E-state index contributed by atoms with van der Waals surface area (Å²) in [7, 11) is 0. The highest BCUT2D eigenvalue weighted by Crippen LogP contribution is 2.38. The summed E-state index contributed by atoms with van der Waals surface area (Å²) < 4.78 is 6.11. The highest BCUT2D eigenvalue weighted by Gasteiger charge is 2.35. The Morgan fingerprint density at radius 3 is 2.51 bits per heavy atom. The fourth-order valence-electron chi connectivity index (χ4n) is 6.53. The monoisotopic (exact) mass is 564 g/mol. The molecule has 0 bridgehead atoms. The van der Waals surface area contributed by atoms with Crippen LogP contribution in [0.25, 0.3) is 27.6 Å². The molecule has 0 saturated carbocycles. The van der Waals surface area contributed by atoms with E-state index < -0.39 is 6.10 Å². The fourth-order valence-corrected chi connectivity index (χ4v) is 6.53. The zero-order valence-corrected chi connectivity index (χ0v) is 24.0. The topological polar surface area (TPSA) is 58.6 Å². The van der Waals surface area contributed by atoms with E-state index in [4.69, 9.17) is 4.74 Å². The van der Waals surface area contributed by atoms with Gasteiger partial charge in [-0.1, -0.05) is 91.0 Å². The predicted octanol–water partition coefficient (Wildman–Crippen LogP) is 8.11. The van der Waals surface area contributed by atoms with Gasteiger partial charge in [0.15, 0.2) is 0 Å². The molecule has 5 heteroatoms. The first-order valence-corrected chi connectivity index (χ1v) is 14.8. The van der Waals surface area contributed by atoms with Crippen LogP contribution in [0.5, 0.6) is 0 Å². The minimum atomic E-state index is -0.562. The zero-order valence-electron chi connectivity index (χ0n) is 24.0. The van der Waals surface area contributed by atoms with Gasteiger partial charge in [0.05, 0.1) is 16.9 Å². The summed E-state index contributed by atoms with van der Waals surface area (Å²) >= 11 is 0. The van der Waals surface area contributed by atoms with Crippen LogP contribution < -0.4 is 5.32 Å². The van der Waals surface area contributed by atoms with Crippen molar-refractivity contribution in [2.24, 2.45) is 5.92 Å². The summed E-state index contributed by atoms with van der Waals surface area (Å²) in [5, 5.41) is 8.45. The largest absolute Gasteiger partial charge is 0.456 e. The summed E-state index contributed by atoms with van der Waals surface area (Å²) in [5.41, 5.74) is 5.57. The number of esters is 1. The standard InChI is InChI=1S/C38H32N2O3/c1-25(41)43-37(29-16-15-28-18-19-31-30-12-6-5-11-27(30)17-20-32(31)34(28)23-29)36-24-40(22-21-26-9-3-2-4-10-26)38(42)33-13-7-8-14-35(33)39-36/h2-14,17-22,24,29,37,39H,15-16,23H2,1H3. The van der Waals surface area contributed by atoms with E-state index in [1.165, 1.54) is 39.6 Å². The molecular formula is C38H32N2O3. The van der Waals surface area contributed by atoms with Crippen molar-refractivity contribution in [2.75, 3.05) is 5.32 Å². The molecule has 43 heavy (non-hydrogen) atoms. The molecule has 1 heterocycles. The molecule has 5 nitrogen and oxygen atoms in total. The molecule has 1 N–H and O–H groups in total. The second-order valence-corrected chi connectivity index (χ2v) is 11.3. The first-order chi connectivity index (χ1) is 21.0. The van der Waals surface area contributed by atoms with E-state index in [0.29, 0.717) is 16.9 Å². The molecule has 1 aliphatic carbocycles. The summed E-state index contributed by atoms with van der Waals surface area (Å²) in [6, 6.07) is 34.8. The van der Waals surface area contributed by atoms with Crippen molar-refractivity contribution in [2.45, 2.75) is 32.3 Å². The average Bonchev–Trinajstić information content (AvgIpc) is 3.18. The Labute approximate surface area is 251 Å². The number of ether oxygens (including phenoxy) is 1. The van der Waals surface area contributed by atoms with Crippen molar-refractivity contribution in [3.8, 4) is 0 Å². The van der Waals surface area contributed by atoms with Crippen LogP contribution >= 0.6 is 0 Å². The Morgan fingerprint density at radius 1 is 0.884 bits per heavy atom. The van der Waals surface area contributed by atoms with Crippen LogP contribution in [0.4, 0.5) is 5.69 Å². The van der Waals surface area contributed by atoms with Gasteiger partial charge in [-0.3, -0.25) is 14.5 Å². The normalized spacial score (nSPS) is 17.1. The summed E-state index contributed by atoms with van der Waals surface area (Å²) in [5.74, 6) is -0.482. The third-order valence-corrected chi connectivity index (χ3v) is 8.59. The molecule has 1 aliphatic heterocycles. The quantitative estimate of drug-likeness (QED) is 0.173. The molecule has 0 saturated heterocycles. The number of fused-ring (bicyclic) bond motifs is 6. The van der Waals surface area contributed by atoms with E-state index in [2.05, 4.69) is 53.8 Å². The molecule has 2 atom stereocenters. The lowest BCUT2D eigenvalue weighted by Crippen LogP contribution is -2.35. The molecular weight excluding hydrogens is 532 g/mol. The molecule has 212 valence electrons. The number of hydrogen-bond acceptors (Lipinski definition) is 4. The minimum absolute atomic E-state index is 0.0209. The van der Waals surface area contributed by atoms with Crippen LogP contribution in [-0.2, 0) is 22.4 Å². The number of anilines is 1. The summed E-state index contributed by atoms with van der Waals surface area (Å²) in [6.45, 7) is 1.45. The van der Waals surface area contributed by atoms with Gasteiger partial charge in [0.2, 0.25) is 0 Å². The fraction of sp³-hybridized carbons (Fsp3) is 0.158. The van der Waals surface area contributed by atoms with Gasteiger partial charge in [0, 0.05) is 25.2 Å². The number of nitrogens with zero attached hydrogens (tertiary/aromatic N) is 1. The first-order valence-electron chi connectivity index (χ1n) is 14.8. The predicted molar refractivity (Wildman–Crippen MR) is 172 cm³/mol. The average molecular weight is 565 g/mol. The van der Waals surface area contributed by atoms with Gasteiger partial charge in [0.1, 0.15) is 6.10 Å². The second kappa shape index (κ2) is 11.3. The van der Waals surface area contributed by atoms with E-state index >= 15 is 0 Å². The number of para-hydroxylation sites is 1. The molecule has 0 radical (unpaired) electrons. The molecule has 0 aromatic heterocycles. The lowest BCUT2D eigenvalue weighted by molar-refractivity contribution is -0.147. The number of rotatable bonds is 5. The van der Waals surface area contributed by atoms with Crippen LogP contribution in [0.2, 0.25) is 0 Å². The highest BCUT2D eigenvalue weighted by atomic mass is 16.5. The summed E-state index contributed by atoms with van der Waals surface area (Å²) in [6.07, 6.45) is 7.43. The highest BCUT2D eigenvalue weighted by molar-refractivity contribution is 6.08. The minimum Gasteiger partial charge on any atom is -0.456 e. The molecule has 5 aromatic carbocycles. The van der Waals surface area contributed by atoms with E-state index in [-0.39, 0.29) is 17.8 Å². The maximum Gasteiger partial charge on any atom is 0.303 e. The van der Waals surface area contributed by atoms with Gasteiger partial charge in [-0.2, -0.15) is 0 Å². The molecule has 1 amide bonds. The van der Waals surface area contributed by atoms with E-state index in [1.54, 1.807) is 17.3 Å². The van der Waals surface area contributed by atoms with Gasteiger partial charge < -0.3 is 10.1 Å². The number of benzene rings is 5. The lowest BCUT2D eigenvalue weighted by atomic mass is 9.78. The van der Waals surface area contributed by atoms with Crippen LogP contribution in [0.3, 0.4) is 0 Å². The molecule has 7 rings (SSSR count). The van der Waals surface area contributed by atoms with E-state index in [9.17, 15) is 9.59 Å². The van der Waals surface area contributed by atoms with Gasteiger partial charge in [-0.15, -0.1) is 0 Å². The van der Waals surface area contributed by atoms with Gasteiger partial charge in [-0.05, 0) is 75.7 Å². The maximum atomic E-state index is 13.7. The number of carbonyl (C=O) groups is 2. The Bertz CT molecular complexity index is 1920.